The largest absolute Gasteiger partial charge is 0.461 e. The zero-order chi connectivity index (χ0) is 18.9. The molecule has 1 heterocycles. The number of nitrogens with zero attached hydrogens (tertiary/aromatic N) is 1. The number of nitrogens with one attached hydrogen (secondary N) is 2. The molecule has 2 aromatic carbocycles. The van der Waals surface area contributed by atoms with Crippen LogP contribution in [0.4, 0.5) is 0 Å². The molecule has 1 aliphatic rings. The standard InChI is InChI=1S/C21H23Cl2N3O/c22-18-5-1-16(2-6-18)9-11-24-12-13-25-21-26-20(10-14-27-21)15-17-3-7-19(23)8-4-17/h1-8,10,24H,9,11-15H2,(H,25,26). The van der Waals surface area contributed by atoms with Crippen LogP contribution < -0.4 is 10.6 Å². The van der Waals surface area contributed by atoms with Gasteiger partial charge in [-0.3, -0.25) is 0 Å². The number of aliphatic imine (C=N–C) groups is 1. The minimum absolute atomic E-state index is 0.540. The molecule has 0 bridgehead atoms. The Hall–Kier alpha value is -2.01. The van der Waals surface area contributed by atoms with Crippen molar-refractivity contribution < 1.29 is 4.74 Å². The Labute approximate surface area is 170 Å². The molecule has 142 valence electrons. The Morgan fingerprint density at radius 3 is 2.30 bits per heavy atom. The molecule has 0 saturated heterocycles. The third kappa shape index (κ3) is 6.90. The van der Waals surface area contributed by atoms with Gasteiger partial charge in [-0.2, -0.15) is 0 Å². The molecule has 0 amide bonds. The zero-order valence-electron chi connectivity index (χ0n) is 15.1. The number of hydrogen-bond donors (Lipinski definition) is 2. The normalized spacial score (nSPS) is 15.2. The molecule has 27 heavy (non-hydrogen) atoms. The molecule has 1 aliphatic heterocycles. The van der Waals surface area contributed by atoms with Gasteiger partial charge in [0.2, 0.25) is 0 Å². The van der Waals surface area contributed by atoms with Crippen LogP contribution in [0.3, 0.4) is 0 Å². The van der Waals surface area contributed by atoms with Crippen LogP contribution in [0.1, 0.15) is 11.1 Å². The first-order chi connectivity index (χ1) is 13.2. The van der Waals surface area contributed by atoms with Gasteiger partial charge in [-0.15, -0.1) is 0 Å². The Morgan fingerprint density at radius 1 is 0.926 bits per heavy atom. The first-order valence-electron chi connectivity index (χ1n) is 9.02. The lowest BCUT2D eigenvalue weighted by Crippen LogP contribution is -2.32. The lowest BCUT2D eigenvalue weighted by molar-refractivity contribution is 0.320. The van der Waals surface area contributed by atoms with Crippen molar-refractivity contribution in [3.05, 3.63) is 81.5 Å². The fourth-order valence-corrected chi connectivity index (χ4v) is 2.97. The molecule has 0 unspecified atom stereocenters. The summed E-state index contributed by atoms with van der Waals surface area (Å²) in [6.45, 7) is 2.91. The molecular weight excluding hydrogens is 381 g/mol. The third-order valence-electron chi connectivity index (χ3n) is 4.17. The minimum Gasteiger partial charge on any atom is -0.461 e. The SMILES string of the molecule is Clc1ccc(CCNCCN=C2NC(Cc3ccc(Cl)cc3)=CCO2)cc1. The van der Waals surface area contributed by atoms with Gasteiger partial charge in [0.25, 0.3) is 6.02 Å². The summed E-state index contributed by atoms with van der Waals surface area (Å²) >= 11 is 11.8. The number of hydrogen-bond acceptors (Lipinski definition) is 3. The highest BCUT2D eigenvalue weighted by Crippen LogP contribution is 2.13. The molecule has 6 heteroatoms. The van der Waals surface area contributed by atoms with Crippen LogP contribution in [0.2, 0.25) is 10.0 Å². The lowest BCUT2D eigenvalue weighted by atomic mass is 10.1. The predicted octanol–water partition coefficient (Wildman–Crippen LogP) is 4.23. The first-order valence-corrected chi connectivity index (χ1v) is 9.77. The van der Waals surface area contributed by atoms with Crippen molar-refractivity contribution in [1.29, 1.82) is 0 Å². The van der Waals surface area contributed by atoms with E-state index in [0.717, 1.165) is 41.7 Å². The van der Waals surface area contributed by atoms with Crippen molar-refractivity contribution in [3.8, 4) is 0 Å². The van der Waals surface area contributed by atoms with E-state index in [0.29, 0.717) is 19.2 Å². The smallest absolute Gasteiger partial charge is 0.289 e. The van der Waals surface area contributed by atoms with Crippen LogP contribution >= 0.6 is 23.2 Å². The number of rotatable bonds is 8. The van der Waals surface area contributed by atoms with Crippen molar-refractivity contribution in [2.45, 2.75) is 12.8 Å². The van der Waals surface area contributed by atoms with E-state index in [9.17, 15) is 0 Å². The molecule has 0 fully saturated rings. The van der Waals surface area contributed by atoms with E-state index in [4.69, 9.17) is 27.9 Å². The Kier molecular flexibility index (Phi) is 7.57. The van der Waals surface area contributed by atoms with Crippen molar-refractivity contribution in [1.82, 2.24) is 10.6 Å². The maximum absolute atomic E-state index is 5.93. The summed E-state index contributed by atoms with van der Waals surface area (Å²) in [6, 6.07) is 16.4. The quantitative estimate of drug-likeness (QED) is 0.648. The van der Waals surface area contributed by atoms with E-state index < -0.39 is 0 Å². The zero-order valence-corrected chi connectivity index (χ0v) is 16.6. The molecule has 2 aromatic rings. The molecule has 0 saturated carbocycles. The van der Waals surface area contributed by atoms with Crippen LogP contribution in [0.25, 0.3) is 0 Å². The highest BCUT2D eigenvalue weighted by molar-refractivity contribution is 6.30. The monoisotopic (exact) mass is 403 g/mol. The van der Waals surface area contributed by atoms with E-state index >= 15 is 0 Å². The molecule has 0 atom stereocenters. The van der Waals surface area contributed by atoms with Crippen molar-refractivity contribution >= 4 is 29.2 Å². The molecule has 4 nitrogen and oxygen atoms in total. The van der Waals surface area contributed by atoms with Gasteiger partial charge in [0.05, 0.1) is 6.54 Å². The van der Waals surface area contributed by atoms with Gasteiger partial charge in [-0.25, -0.2) is 4.99 Å². The fraction of sp³-hybridized carbons (Fsp3) is 0.286. The van der Waals surface area contributed by atoms with Crippen molar-refractivity contribution in [2.75, 3.05) is 26.2 Å². The predicted molar refractivity (Wildman–Crippen MR) is 113 cm³/mol. The fourth-order valence-electron chi connectivity index (χ4n) is 2.71. The lowest BCUT2D eigenvalue weighted by Gasteiger charge is -2.18. The summed E-state index contributed by atoms with van der Waals surface area (Å²) in [6.07, 6.45) is 3.81. The number of halogens is 2. The molecular formula is C21H23Cl2N3O. The van der Waals surface area contributed by atoms with Crippen molar-refractivity contribution in [3.63, 3.8) is 0 Å². The molecule has 0 spiro atoms. The van der Waals surface area contributed by atoms with Gasteiger partial charge in [0.1, 0.15) is 6.61 Å². The molecule has 0 aliphatic carbocycles. The second-order valence-corrected chi connectivity index (χ2v) is 7.15. The third-order valence-corrected chi connectivity index (χ3v) is 4.68. The second-order valence-electron chi connectivity index (χ2n) is 6.28. The Bertz CT molecular complexity index is 786. The number of ether oxygens (including phenoxy) is 1. The maximum Gasteiger partial charge on any atom is 0.289 e. The molecule has 0 aromatic heterocycles. The van der Waals surface area contributed by atoms with Crippen LogP contribution in [-0.4, -0.2) is 32.3 Å². The van der Waals surface area contributed by atoms with Crippen LogP contribution in [0, 0.1) is 0 Å². The summed E-state index contributed by atoms with van der Waals surface area (Å²) in [7, 11) is 0. The van der Waals surface area contributed by atoms with Crippen LogP contribution in [0.5, 0.6) is 0 Å². The summed E-state index contributed by atoms with van der Waals surface area (Å²) in [4.78, 5) is 4.49. The van der Waals surface area contributed by atoms with Gasteiger partial charge in [0, 0.05) is 28.7 Å². The minimum atomic E-state index is 0.540. The average Bonchev–Trinajstić information content (AvgIpc) is 2.68. The number of benzene rings is 2. The van der Waals surface area contributed by atoms with E-state index in [-0.39, 0.29) is 0 Å². The molecule has 0 radical (unpaired) electrons. The van der Waals surface area contributed by atoms with Crippen molar-refractivity contribution in [2.24, 2.45) is 4.99 Å². The van der Waals surface area contributed by atoms with Gasteiger partial charge >= 0.3 is 0 Å². The summed E-state index contributed by atoms with van der Waals surface area (Å²) in [5, 5.41) is 8.17. The number of allylic oxidation sites excluding steroid dienone is 1. The highest BCUT2D eigenvalue weighted by Gasteiger charge is 2.10. The van der Waals surface area contributed by atoms with E-state index in [2.05, 4.69) is 27.8 Å². The maximum atomic E-state index is 5.93. The highest BCUT2D eigenvalue weighted by atomic mass is 35.5. The van der Waals surface area contributed by atoms with Crippen LogP contribution in [-0.2, 0) is 17.6 Å². The Balaban J connectivity index is 1.36. The van der Waals surface area contributed by atoms with Gasteiger partial charge in [-0.05, 0) is 54.4 Å². The van der Waals surface area contributed by atoms with E-state index in [1.807, 2.05) is 42.5 Å². The summed E-state index contributed by atoms with van der Waals surface area (Å²) in [5.74, 6) is 0. The molecule has 2 N–H and O–H groups in total. The second kappa shape index (κ2) is 10.4. The van der Waals surface area contributed by atoms with Crippen LogP contribution in [0.15, 0.2) is 65.3 Å². The number of amidine groups is 1. The first kappa shape index (κ1) is 19.7. The van der Waals surface area contributed by atoms with Gasteiger partial charge in [0.15, 0.2) is 0 Å². The van der Waals surface area contributed by atoms with E-state index in [1.54, 1.807) is 0 Å². The summed E-state index contributed by atoms with van der Waals surface area (Å²) < 4.78 is 5.55. The molecule has 3 rings (SSSR count). The van der Waals surface area contributed by atoms with Gasteiger partial charge in [-0.1, -0.05) is 47.5 Å². The topological polar surface area (TPSA) is 45.7 Å². The summed E-state index contributed by atoms with van der Waals surface area (Å²) in [5.41, 5.74) is 3.56. The average molecular weight is 404 g/mol. The Morgan fingerprint density at radius 2 is 1.59 bits per heavy atom. The van der Waals surface area contributed by atoms with E-state index in [1.165, 1.54) is 11.1 Å². The van der Waals surface area contributed by atoms with Gasteiger partial charge < -0.3 is 15.4 Å².